The largest absolute Gasteiger partial charge is 0.436 e. The second-order valence-electron chi connectivity index (χ2n) is 13.3. The molecular formula is C27H40F8N6O12S4. The lowest BCUT2D eigenvalue weighted by Gasteiger charge is -2.30. The number of hydrogen-bond acceptors (Lipinski definition) is 12. The second-order valence-corrected chi connectivity index (χ2v) is 20.7. The van der Waals surface area contributed by atoms with Gasteiger partial charge >= 0.3 is 84.7 Å². The van der Waals surface area contributed by atoms with Gasteiger partial charge in [-0.25, -0.2) is 33.7 Å². The predicted octanol–water partition coefficient (Wildman–Crippen LogP) is 0.502. The zero-order valence-electron chi connectivity index (χ0n) is 29.8. The highest BCUT2D eigenvalue weighted by Crippen LogP contribution is 2.33. The number of piperidine rings is 2. The molecule has 3 aliphatic rings. The van der Waals surface area contributed by atoms with Crippen molar-refractivity contribution in [2.75, 3.05) is 52.4 Å². The Morgan fingerprint density at radius 2 is 0.456 bits per heavy atom. The fourth-order valence-electron chi connectivity index (χ4n) is 5.91. The summed E-state index contributed by atoms with van der Waals surface area (Å²) in [6.07, 6.45) is -0.296. The minimum absolute atomic E-state index is 0.0826. The quantitative estimate of drug-likeness (QED) is 0.255. The summed E-state index contributed by atoms with van der Waals surface area (Å²) >= 11 is 0. The lowest BCUT2D eigenvalue weighted by molar-refractivity contribution is -0.148. The van der Waals surface area contributed by atoms with Gasteiger partial charge in [0.25, 0.3) is 0 Å². The van der Waals surface area contributed by atoms with Crippen molar-refractivity contribution in [3.8, 4) is 0 Å². The number of rotatable bonds is 12. The van der Waals surface area contributed by atoms with Gasteiger partial charge in [0.15, 0.2) is 0 Å². The maximum Gasteiger partial charge on any atom is 0.436 e. The average Bonchev–Trinajstić information content (AvgIpc) is 3.18. The molecule has 0 radical (unpaired) electrons. The molecule has 30 heteroatoms. The fraction of sp³-hybridized carbons (Fsp3) is 0.852. The molecular weight excluding hydrogens is 881 g/mol. The monoisotopic (exact) mass is 920 g/mol. The number of halogens is 8. The van der Waals surface area contributed by atoms with Crippen LogP contribution in [0.15, 0.2) is 0 Å². The van der Waals surface area contributed by atoms with Crippen molar-refractivity contribution >= 4 is 63.7 Å². The predicted molar refractivity (Wildman–Crippen MR) is 179 cm³/mol. The second kappa shape index (κ2) is 17.7. The number of amides is 4. The topological polar surface area (TPSA) is 242 Å². The van der Waals surface area contributed by atoms with E-state index in [2.05, 4.69) is 0 Å². The molecule has 0 saturated carbocycles. The van der Waals surface area contributed by atoms with E-state index in [9.17, 15) is 70.4 Å². The van der Waals surface area contributed by atoms with Gasteiger partial charge in [-0.05, 0) is 70.6 Å². The van der Waals surface area contributed by atoms with Crippen LogP contribution >= 0.6 is 0 Å². The van der Waals surface area contributed by atoms with Crippen LogP contribution < -0.4 is 8.25 Å². The van der Waals surface area contributed by atoms with Crippen LogP contribution in [-0.2, 0) is 59.3 Å². The van der Waals surface area contributed by atoms with Crippen LogP contribution in [0.1, 0.15) is 70.6 Å². The molecule has 18 nitrogen and oxygen atoms in total. The van der Waals surface area contributed by atoms with Gasteiger partial charge in [-0.2, -0.15) is 35.1 Å². The van der Waals surface area contributed by atoms with Gasteiger partial charge in [-0.3, -0.25) is 19.2 Å². The molecule has 2 N–H and O–H groups in total. The van der Waals surface area contributed by atoms with E-state index in [0.717, 1.165) is 0 Å². The first-order valence-corrected chi connectivity index (χ1v) is 23.2. The van der Waals surface area contributed by atoms with Gasteiger partial charge in [-0.15, -0.1) is 0 Å². The Kier molecular flexibility index (Phi) is 15.0. The summed E-state index contributed by atoms with van der Waals surface area (Å²) in [6, 6.07) is 0. The Balaban J connectivity index is 1.71. The third-order valence-electron chi connectivity index (χ3n) is 9.11. The Hall–Kier alpha value is -2.96. The Labute approximate surface area is 322 Å². The van der Waals surface area contributed by atoms with Crippen LogP contribution in [0.5, 0.6) is 0 Å². The van der Waals surface area contributed by atoms with E-state index < -0.39 is 124 Å². The molecule has 0 spiro atoms. The van der Waals surface area contributed by atoms with E-state index in [1.807, 2.05) is 0 Å². The number of hydrogen-bond donors (Lipinski definition) is 2. The van der Waals surface area contributed by atoms with Gasteiger partial charge in [-0.1, -0.05) is 8.25 Å². The third-order valence-corrected chi connectivity index (χ3v) is 16.0. The first-order valence-electron chi connectivity index (χ1n) is 17.2. The minimum Gasteiger partial charge on any atom is -0.336 e. The average molecular weight is 921 g/mol. The molecule has 0 aromatic carbocycles. The number of nitrogens with zero attached hydrogens (tertiary/aromatic N) is 4. The molecule has 3 heterocycles. The number of sulfonamides is 4. The maximum absolute atomic E-state index is 15.1. The Morgan fingerprint density at radius 3 is 0.614 bits per heavy atom. The fourth-order valence-corrected chi connectivity index (χ4v) is 11.3. The van der Waals surface area contributed by atoms with E-state index in [0.29, 0.717) is 22.6 Å². The van der Waals surface area contributed by atoms with E-state index in [1.165, 1.54) is 0 Å². The summed E-state index contributed by atoms with van der Waals surface area (Å²) in [7, 11) is -27.2. The van der Waals surface area contributed by atoms with Gasteiger partial charge in [0.1, 0.15) is 0 Å². The zero-order chi connectivity index (χ0) is 43.5. The lowest BCUT2D eigenvalue weighted by Crippen LogP contribution is -2.58. The molecule has 0 unspecified atom stereocenters. The summed E-state index contributed by atoms with van der Waals surface area (Å²) in [4.78, 5) is 51.1. The molecule has 3 rings (SSSR count). The normalized spacial score (nSPS) is 19.8. The number of carbonyl (C=O) groups excluding carboxylic acids is 4. The standard InChI is InChI=1S/C27H40F8N6O12S4/c28-24(29,20(42)38-12-4-1-5-13-38)54(46,47)36-56(50,51)26(32,33)22(44)40-16-8-3-9-17-41(19-11-10-18-40)23(45)27(34,35)57(52,53)37-55(48,49)25(30,31)21(43)39-14-6-2-7-15-39/h36-37H,1-19H2. The smallest absolute Gasteiger partial charge is 0.336 e. The van der Waals surface area contributed by atoms with Crippen molar-refractivity contribution < 1.29 is 88.0 Å². The SMILES string of the molecule is O=C(N1CCCCC1)C(F)(F)S(=O)(=O)NS(=O)(=O)C(F)(F)C(=O)N1CCCCCN(C(=O)C(F)(F)S(=O)(=O)NS(=O)(=O)C(F)(F)C(=O)N2CCCCC2)CCCC1. The third kappa shape index (κ3) is 10.3. The van der Waals surface area contributed by atoms with Gasteiger partial charge in [0.05, 0.1) is 0 Å². The van der Waals surface area contributed by atoms with E-state index >= 15 is 17.6 Å². The number of nitrogens with one attached hydrogen (secondary N) is 2. The van der Waals surface area contributed by atoms with Crippen molar-refractivity contribution in [2.24, 2.45) is 0 Å². The molecule has 3 fully saturated rings. The summed E-state index contributed by atoms with van der Waals surface area (Å²) in [6.45, 7) is -4.53. The van der Waals surface area contributed by atoms with Crippen molar-refractivity contribution in [2.45, 2.75) is 91.6 Å². The summed E-state index contributed by atoms with van der Waals surface area (Å²) in [5.41, 5.74) is 0. The zero-order valence-corrected chi connectivity index (χ0v) is 33.0. The molecule has 0 bridgehead atoms. The van der Waals surface area contributed by atoms with Crippen LogP contribution in [0.2, 0.25) is 0 Å². The molecule has 0 atom stereocenters. The van der Waals surface area contributed by atoms with Crippen LogP contribution in [-0.4, -0.2) is 150 Å². The van der Waals surface area contributed by atoms with Crippen LogP contribution in [0, 0.1) is 0 Å². The molecule has 57 heavy (non-hydrogen) atoms. The van der Waals surface area contributed by atoms with E-state index in [-0.39, 0.29) is 89.2 Å². The van der Waals surface area contributed by atoms with Crippen LogP contribution in [0.25, 0.3) is 0 Å². The molecule has 3 aliphatic heterocycles. The highest BCUT2D eigenvalue weighted by molar-refractivity contribution is 8.06. The van der Waals surface area contributed by atoms with Crippen LogP contribution in [0.4, 0.5) is 35.1 Å². The Bertz CT molecular complexity index is 1840. The highest BCUT2D eigenvalue weighted by atomic mass is 32.3. The van der Waals surface area contributed by atoms with E-state index in [4.69, 9.17) is 0 Å². The van der Waals surface area contributed by atoms with Crippen LogP contribution in [0.3, 0.4) is 0 Å². The summed E-state index contributed by atoms with van der Waals surface area (Å²) in [5.74, 6) is -10.0. The Morgan fingerprint density at radius 1 is 0.316 bits per heavy atom. The van der Waals surface area contributed by atoms with Gasteiger partial charge < -0.3 is 19.6 Å². The van der Waals surface area contributed by atoms with Crippen molar-refractivity contribution in [3.05, 3.63) is 0 Å². The number of likely N-dealkylation sites (tertiary alicyclic amines) is 2. The summed E-state index contributed by atoms with van der Waals surface area (Å²) in [5, 5.41) is -22.6. The highest BCUT2D eigenvalue weighted by Gasteiger charge is 2.64. The number of carbonyl (C=O) groups is 4. The van der Waals surface area contributed by atoms with Crippen molar-refractivity contribution in [1.82, 2.24) is 27.9 Å². The molecule has 0 aliphatic carbocycles. The molecule has 3 saturated heterocycles. The molecule has 4 amide bonds. The number of alkyl halides is 8. The van der Waals surface area contributed by atoms with Gasteiger partial charge in [0, 0.05) is 52.4 Å². The molecule has 0 aromatic rings. The molecule has 0 aromatic heterocycles. The summed E-state index contributed by atoms with van der Waals surface area (Å²) < 4.78 is 218. The molecule has 330 valence electrons. The lowest BCUT2D eigenvalue weighted by atomic mass is 10.1. The first-order chi connectivity index (χ1) is 26.0. The van der Waals surface area contributed by atoms with Gasteiger partial charge in [0.2, 0.25) is 0 Å². The van der Waals surface area contributed by atoms with E-state index in [1.54, 1.807) is 0 Å². The minimum atomic E-state index is -6.86. The first kappa shape index (κ1) is 48.4. The van der Waals surface area contributed by atoms with Crippen molar-refractivity contribution in [1.29, 1.82) is 0 Å². The van der Waals surface area contributed by atoms with Crippen molar-refractivity contribution in [3.63, 3.8) is 0 Å². The maximum atomic E-state index is 15.1.